The predicted octanol–water partition coefficient (Wildman–Crippen LogP) is 3.74. The summed E-state index contributed by atoms with van der Waals surface area (Å²) in [6.07, 6.45) is 1.16. The van der Waals surface area contributed by atoms with Crippen molar-refractivity contribution in [3.05, 3.63) is 29.3 Å². The molecular weight excluding hydrogens is 234 g/mol. The van der Waals surface area contributed by atoms with Crippen molar-refractivity contribution in [2.45, 2.75) is 27.2 Å². The summed E-state index contributed by atoms with van der Waals surface area (Å²) in [5.41, 5.74) is 0.123. The van der Waals surface area contributed by atoms with Crippen LogP contribution in [0.25, 0.3) is 0 Å². The molecule has 96 valence electrons. The molecule has 2 nitrogen and oxygen atoms in total. The highest BCUT2D eigenvalue weighted by Crippen LogP contribution is 2.20. The first-order chi connectivity index (χ1) is 8.03. The Kier molecular flexibility index (Phi) is 5.79. The third kappa shape index (κ3) is 5.94. The Morgan fingerprint density at radius 1 is 1.35 bits per heavy atom. The molecule has 0 saturated carbocycles. The molecule has 0 saturated heterocycles. The van der Waals surface area contributed by atoms with Gasteiger partial charge in [0.2, 0.25) is 0 Å². The molecule has 0 atom stereocenters. The van der Waals surface area contributed by atoms with Gasteiger partial charge in [0.25, 0.3) is 0 Å². The zero-order valence-electron chi connectivity index (χ0n) is 10.9. The van der Waals surface area contributed by atoms with Gasteiger partial charge in [0.1, 0.15) is 5.75 Å². The molecule has 0 aliphatic heterocycles. The second kappa shape index (κ2) is 6.87. The van der Waals surface area contributed by atoms with Crippen LogP contribution in [0.4, 0.5) is 0 Å². The Bertz CT molecular complexity index is 339. The van der Waals surface area contributed by atoms with Gasteiger partial charge in [-0.05, 0) is 31.2 Å². The lowest BCUT2D eigenvalue weighted by Gasteiger charge is -2.25. The van der Waals surface area contributed by atoms with E-state index in [0.29, 0.717) is 11.6 Å². The van der Waals surface area contributed by atoms with Crippen molar-refractivity contribution in [3.63, 3.8) is 0 Å². The summed E-state index contributed by atoms with van der Waals surface area (Å²) in [5.74, 6) is 0.834. The topological polar surface area (TPSA) is 21.3 Å². The zero-order valence-corrected chi connectivity index (χ0v) is 11.7. The van der Waals surface area contributed by atoms with Crippen molar-refractivity contribution in [1.82, 2.24) is 5.32 Å². The monoisotopic (exact) mass is 255 g/mol. The van der Waals surface area contributed by atoms with Gasteiger partial charge in [0, 0.05) is 17.0 Å². The minimum Gasteiger partial charge on any atom is -0.493 e. The van der Waals surface area contributed by atoms with E-state index in [1.165, 1.54) is 0 Å². The normalized spacial score (nSPS) is 11.5. The van der Waals surface area contributed by atoms with Gasteiger partial charge in [-0.15, -0.1) is 0 Å². The molecule has 0 fully saturated rings. The largest absolute Gasteiger partial charge is 0.493 e. The molecule has 1 aromatic carbocycles. The molecular formula is C14H22ClNO. The molecule has 1 aromatic rings. The van der Waals surface area contributed by atoms with Crippen LogP contribution in [0.15, 0.2) is 24.3 Å². The van der Waals surface area contributed by atoms with Crippen molar-refractivity contribution >= 4 is 11.6 Å². The first-order valence-corrected chi connectivity index (χ1v) is 6.50. The zero-order chi connectivity index (χ0) is 12.7. The number of halogens is 1. The van der Waals surface area contributed by atoms with Gasteiger partial charge in [0.15, 0.2) is 0 Å². The van der Waals surface area contributed by atoms with Crippen molar-refractivity contribution < 1.29 is 4.74 Å². The molecule has 3 heteroatoms. The fourth-order valence-corrected chi connectivity index (χ4v) is 1.67. The number of ether oxygens (including phenoxy) is 1. The van der Waals surface area contributed by atoms with Gasteiger partial charge in [-0.2, -0.15) is 0 Å². The minimum atomic E-state index is 0.123. The van der Waals surface area contributed by atoms with Gasteiger partial charge in [-0.3, -0.25) is 0 Å². The van der Waals surface area contributed by atoms with Crippen molar-refractivity contribution in [1.29, 1.82) is 0 Å². The van der Waals surface area contributed by atoms with Crippen LogP contribution in [0.3, 0.4) is 0 Å². The minimum absolute atomic E-state index is 0.123. The summed E-state index contributed by atoms with van der Waals surface area (Å²) in [4.78, 5) is 0. The average Bonchev–Trinajstić information content (AvgIpc) is 2.27. The van der Waals surface area contributed by atoms with E-state index in [2.05, 4.69) is 26.1 Å². The van der Waals surface area contributed by atoms with E-state index < -0.39 is 0 Å². The number of rotatable bonds is 7. The SMILES string of the molecule is CCCNCC(C)(C)COc1cccc(Cl)c1. The summed E-state index contributed by atoms with van der Waals surface area (Å²) in [6.45, 7) is 9.26. The number of hydrogen-bond acceptors (Lipinski definition) is 2. The average molecular weight is 256 g/mol. The number of nitrogens with one attached hydrogen (secondary N) is 1. The van der Waals surface area contributed by atoms with E-state index in [1.807, 2.05) is 24.3 Å². The van der Waals surface area contributed by atoms with Crippen LogP contribution < -0.4 is 10.1 Å². The lowest BCUT2D eigenvalue weighted by molar-refractivity contribution is 0.176. The Balaban J connectivity index is 2.38. The molecule has 0 radical (unpaired) electrons. The van der Waals surface area contributed by atoms with Crippen molar-refractivity contribution in [2.75, 3.05) is 19.7 Å². The van der Waals surface area contributed by atoms with Crippen LogP contribution in [0.5, 0.6) is 5.75 Å². The van der Waals surface area contributed by atoms with Crippen LogP contribution in [0.1, 0.15) is 27.2 Å². The Morgan fingerprint density at radius 2 is 2.12 bits per heavy atom. The van der Waals surface area contributed by atoms with Gasteiger partial charge >= 0.3 is 0 Å². The Morgan fingerprint density at radius 3 is 2.76 bits per heavy atom. The maximum Gasteiger partial charge on any atom is 0.120 e. The van der Waals surface area contributed by atoms with E-state index in [0.717, 1.165) is 25.3 Å². The summed E-state index contributed by atoms with van der Waals surface area (Å²) < 4.78 is 5.76. The lowest BCUT2D eigenvalue weighted by Crippen LogP contribution is -2.34. The maximum absolute atomic E-state index is 5.90. The van der Waals surface area contributed by atoms with E-state index in [4.69, 9.17) is 16.3 Å². The van der Waals surface area contributed by atoms with Crippen LogP contribution >= 0.6 is 11.6 Å². The first-order valence-electron chi connectivity index (χ1n) is 6.12. The maximum atomic E-state index is 5.90. The number of hydrogen-bond donors (Lipinski definition) is 1. The van der Waals surface area contributed by atoms with Crippen LogP contribution in [-0.2, 0) is 0 Å². The summed E-state index contributed by atoms with van der Waals surface area (Å²) in [7, 11) is 0. The summed E-state index contributed by atoms with van der Waals surface area (Å²) >= 11 is 5.90. The standard InChI is InChI=1S/C14H22ClNO/c1-4-8-16-10-14(2,3)11-17-13-7-5-6-12(15)9-13/h5-7,9,16H,4,8,10-11H2,1-3H3. The van der Waals surface area contributed by atoms with Gasteiger partial charge in [0.05, 0.1) is 6.61 Å². The molecule has 0 unspecified atom stereocenters. The highest BCUT2D eigenvalue weighted by Gasteiger charge is 2.18. The van der Waals surface area contributed by atoms with Gasteiger partial charge < -0.3 is 10.1 Å². The molecule has 1 rings (SSSR count). The molecule has 1 N–H and O–H groups in total. The fourth-order valence-electron chi connectivity index (χ4n) is 1.49. The third-order valence-corrected chi connectivity index (χ3v) is 2.69. The highest BCUT2D eigenvalue weighted by molar-refractivity contribution is 6.30. The van der Waals surface area contributed by atoms with Gasteiger partial charge in [-0.25, -0.2) is 0 Å². The summed E-state index contributed by atoms with van der Waals surface area (Å²) in [5, 5.41) is 4.13. The molecule has 0 amide bonds. The van der Waals surface area contributed by atoms with E-state index >= 15 is 0 Å². The Labute approximate surface area is 109 Å². The van der Waals surface area contributed by atoms with Crippen molar-refractivity contribution in [2.24, 2.45) is 5.41 Å². The third-order valence-electron chi connectivity index (χ3n) is 2.46. The van der Waals surface area contributed by atoms with E-state index in [-0.39, 0.29) is 5.41 Å². The highest BCUT2D eigenvalue weighted by atomic mass is 35.5. The molecule has 0 spiro atoms. The second-order valence-electron chi connectivity index (χ2n) is 5.09. The number of benzene rings is 1. The van der Waals surface area contributed by atoms with Crippen molar-refractivity contribution in [3.8, 4) is 5.75 Å². The van der Waals surface area contributed by atoms with Crippen LogP contribution in [0.2, 0.25) is 5.02 Å². The molecule has 0 aliphatic carbocycles. The lowest BCUT2D eigenvalue weighted by atomic mass is 9.95. The molecule has 0 aromatic heterocycles. The molecule has 0 heterocycles. The smallest absolute Gasteiger partial charge is 0.120 e. The molecule has 0 aliphatic rings. The van der Waals surface area contributed by atoms with E-state index in [1.54, 1.807) is 0 Å². The molecule has 17 heavy (non-hydrogen) atoms. The quantitative estimate of drug-likeness (QED) is 0.750. The molecule has 0 bridgehead atoms. The van der Waals surface area contributed by atoms with Crippen LogP contribution in [0, 0.1) is 5.41 Å². The summed E-state index contributed by atoms with van der Waals surface area (Å²) in [6, 6.07) is 7.53. The fraction of sp³-hybridized carbons (Fsp3) is 0.571. The van der Waals surface area contributed by atoms with Crippen LogP contribution in [-0.4, -0.2) is 19.7 Å². The predicted molar refractivity (Wildman–Crippen MR) is 73.9 cm³/mol. The van der Waals surface area contributed by atoms with Gasteiger partial charge in [-0.1, -0.05) is 38.4 Å². The second-order valence-corrected chi connectivity index (χ2v) is 5.52. The van der Waals surface area contributed by atoms with E-state index in [9.17, 15) is 0 Å². The Hall–Kier alpha value is -0.730. The first kappa shape index (κ1) is 14.3.